The van der Waals surface area contributed by atoms with Gasteiger partial charge in [-0.3, -0.25) is 0 Å². The topological polar surface area (TPSA) is 47.0 Å². The molecule has 2 atom stereocenters. The molecule has 1 aromatic rings. The molecule has 4 heteroatoms. The number of aromatic nitrogens is 2. The van der Waals surface area contributed by atoms with Gasteiger partial charge in [0.25, 0.3) is 0 Å². The van der Waals surface area contributed by atoms with Crippen LogP contribution in [0.25, 0.3) is 0 Å². The predicted molar refractivity (Wildman–Crippen MR) is 75.3 cm³/mol. The van der Waals surface area contributed by atoms with E-state index in [4.69, 9.17) is 14.7 Å². The maximum atomic E-state index is 5.52. The highest BCUT2D eigenvalue weighted by Crippen LogP contribution is 2.35. The number of ether oxygens (including phenoxy) is 1. The molecule has 0 bridgehead atoms. The van der Waals surface area contributed by atoms with Gasteiger partial charge in [0.2, 0.25) is 0 Å². The monoisotopic (exact) mass is 261 g/mol. The van der Waals surface area contributed by atoms with Gasteiger partial charge in [0.05, 0.1) is 18.9 Å². The Morgan fingerprint density at radius 3 is 2.95 bits per heavy atom. The third-order valence-corrected chi connectivity index (χ3v) is 4.38. The largest absolute Gasteiger partial charge is 0.376 e. The Balaban J connectivity index is 1.93. The third-order valence-electron chi connectivity index (χ3n) is 4.38. The molecule has 1 aromatic heterocycles. The molecule has 2 heterocycles. The first-order chi connectivity index (χ1) is 9.28. The standard InChI is InChI=1S/C15H23N3O/c1-10-4-3-5-11(8-10)14-17-13-6-7-19-9-12(13)15(16-2)18-14/h10-11H,3-9H2,1-2H3,(H,16,17,18). The molecule has 1 saturated carbocycles. The van der Waals surface area contributed by atoms with Gasteiger partial charge in [-0.2, -0.15) is 0 Å². The summed E-state index contributed by atoms with van der Waals surface area (Å²) in [5, 5.41) is 3.21. The van der Waals surface area contributed by atoms with Crippen LogP contribution in [0.2, 0.25) is 0 Å². The van der Waals surface area contributed by atoms with Crippen molar-refractivity contribution in [2.75, 3.05) is 19.0 Å². The van der Waals surface area contributed by atoms with E-state index in [1.807, 2.05) is 7.05 Å². The van der Waals surface area contributed by atoms with E-state index in [-0.39, 0.29) is 0 Å². The number of anilines is 1. The predicted octanol–water partition coefficient (Wildman–Crippen LogP) is 2.88. The Kier molecular flexibility index (Phi) is 3.69. The minimum Gasteiger partial charge on any atom is -0.376 e. The second-order valence-corrected chi connectivity index (χ2v) is 5.88. The fraction of sp³-hybridized carbons (Fsp3) is 0.733. The molecule has 19 heavy (non-hydrogen) atoms. The van der Waals surface area contributed by atoms with E-state index in [2.05, 4.69) is 12.2 Å². The maximum absolute atomic E-state index is 5.52. The van der Waals surface area contributed by atoms with Crippen LogP contribution in [0, 0.1) is 5.92 Å². The van der Waals surface area contributed by atoms with Crippen LogP contribution < -0.4 is 5.32 Å². The summed E-state index contributed by atoms with van der Waals surface area (Å²) < 4.78 is 5.52. The number of fused-ring (bicyclic) bond motifs is 1. The Bertz CT molecular complexity index is 444. The minimum absolute atomic E-state index is 0.545. The van der Waals surface area contributed by atoms with Crippen molar-refractivity contribution >= 4 is 5.82 Å². The Morgan fingerprint density at radius 2 is 2.16 bits per heavy atom. The summed E-state index contributed by atoms with van der Waals surface area (Å²) in [6, 6.07) is 0. The number of rotatable bonds is 2. The minimum atomic E-state index is 0.545. The zero-order valence-electron chi connectivity index (χ0n) is 11.9. The van der Waals surface area contributed by atoms with Crippen molar-refractivity contribution in [2.24, 2.45) is 5.92 Å². The first-order valence-electron chi connectivity index (χ1n) is 7.43. The van der Waals surface area contributed by atoms with Gasteiger partial charge < -0.3 is 10.1 Å². The zero-order valence-corrected chi connectivity index (χ0v) is 11.9. The summed E-state index contributed by atoms with van der Waals surface area (Å²) in [5.41, 5.74) is 2.35. The van der Waals surface area contributed by atoms with Gasteiger partial charge in [0.15, 0.2) is 0 Å². The number of hydrogen-bond donors (Lipinski definition) is 1. The highest BCUT2D eigenvalue weighted by atomic mass is 16.5. The summed E-state index contributed by atoms with van der Waals surface area (Å²) in [7, 11) is 1.94. The Morgan fingerprint density at radius 1 is 1.26 bits per heavy atom. The lowest BCUT2D eigenvalue weighted by atomic mass is 9.82. The van der Waals surface area contributed by atoms with Gasteiger partial charge >= 0.3 is 0 Å². The molecule has 104 valence electrons. The van der Waals surface area contributed by atoms with Gasteiger partial charge in [0.1, 0.15) is 11.6 Å². The molecule has 0 saturated heterocycles. The molecule has 2 unspecified atom stereocenters. The van der Waals surface area contributed by atoms with Crippen molar-refractivity contribution in [3.8, 4) is 0 Å². The van der Waals surface area contributed by atoms with Crippen molar-refractivity contribution in [1.29, 1.82) is 0 Å². The smallest absolute Gasteiger partial charge is 0.135 e. The lowest BCUT2D eigenvalue weighted by Crippen LogP contribution is -2.20. The maximum Gasteiger partial charge on any atom is 0.135 e. The first-order valence-corrected chi connectivity index (χ1v) is 7.43. The van der Waals surface area contributed by atoms with Gasteiger partial charge in [-0.25, -0.2) is 9.97 Å². The lowest BCUT2D eigenvalue weighted by molar-refractivity contribution is 0.109. The molecule has 0 amide bonds. The molecule has 1 fully saturated rings. The molecular weight excluding hydrogens is 238 g/mol. The van der Waals surface area contributed by atoms with Crippen molar-refractivity contribution in [2.45, 2.75) is 51.6 Å². The Labute approximate surface area is 115 Å². The Hall–Kier alpha value is -1.16. The van der Waals surface area contributed by atoms with Crippen LogP contribution >= 0.6 is 0 Å². The fourth-order valence-electron chi connectivity index (χ4n) is 3.31. The SMILES string of the molecule is CNc1nc(C2CCCC(C)C2)nc2c1COCC2. The quantitative estimate of drug-likeness (QED) is 0.889. The average molecular weight is 261 g/mol. The van der Waals surface area contributed by atoms with Gasteiger partial charge in [-0.1, -0.05) is 19.8 Å². The third kappa shape index (κ3) is 2.59. The van der Waals surface area contributed by atoms with E-state index in [0.29, 0.717) is 12.5 Å². The molecule has 1 aliphatic carbocycles. The van der Waals surface area contributed by atoms with Crippen LogP contribution in [0.15, 0.2) is 0 Å². The molecule has 4 nitrogen and oxygen atoms in total. The van der Waals surface area contributed by atoms with E-state index in [1.165, 1.54) is 31.4 Å². The van der Waals surface area contributed by atoms with Gasteiger partial charge in [0, 0.05) is 24.9 Å². The number of nitrogens with zero attached hydrogens (tertiary/aromatic N) is 2. The van der Waals surface area contributed by atoms with E-state index in [1.54, 1.807) is 0 Å². The van der Waals surface area contributed by atoms with Crippen molar-refractivity contribution in [1.82, 2.24) is 9.97 Å². The normalized spacial score (nSPS) is 26.8. The van der Waals surface area contributed by atoms with Crippen LogP contribution in [-0.2, 0) is 17.8 Å². The van der Waals surface area contributed by atoms with Crippen LogP contribution in [0.3, 0.4) is 0 Å². The van der Waals surface area contributed by atoms with Crippen molar-refractivity contribution in [3.63, 3.8) is 0 Å². The molecule has 0 spiro atoms. The summed E-state index contributed by atoms with van der Waals surface area (Å²) in [5.74, 6) is 3.37. The van der Waals surface area contributed by atoms with Crippen molar-refractivity contribution < 1.29 is 4.74 Å². The summed E-state index contributed by atoms with van der Waals surface area (Å²) in [4.78, 5) is 9.61. The van der Waals surface area contributed by atoms with Crippen LogP contribution in [0.5, 0.6) is 0 Å². The molecular formula is C15H23N3O. The summed E-state index contributed by atoms with van der Waals surface area (Å²) in [6.45, 7) is 3.78. The summed E-state index contributed by atoms with van der Waals surface area (Å²) in [6.07, 6.45) is 6.06. The van der Waals surface area contributed by atoms with E-state index >= 15 is 0 Å². The first kappa shape index (κ1) is 12.9. The lowest BCUT2D eigenvalue weighted by Gasteiger charge is -2.27. The van der Waals surface area contributed by atoms with Crippen LogP contribution in [0.4, 0.5) is 5.82 Å². The number of hydrogen-bond acceptors (Lipinski definition) is 4. The zero-order chi connectivity index (χ0) is 13.2. The molecule has 1 N–H and O–H groups in total. The molecule has 0 radical (unpaired) electrons. The van der Waals surface area contributed by atoms with E-state index < -0.39 is 0 Å². The number of nitrogens with one attached hydrogen (secondary N) is 1. The van der Waals surface area contributed by atoms with E-state index in [0.717, 1.165) is 36.2 Å². The highest BCUT2D eigenvalue weighted by Gasteiger charge is 2.25. The molecule has 1 aliphatic heterocycles. The van der Waals surface area contributed by atoms with Gasteiger partial charge in [-0.05, 0) is 18.8 Å². The fourth-order valence-corrected chi connectivity index (χ4v) is 3.31. The van der Waals surface area contributed by atoms with Crippen LogP contribution in [-0.4, -0.2) is 23.6 Å². The molecule has 0 aromatic carbocycles. The molecule has 2 aliphatic rings. The summed E-state index contributed by atoms with van der Waals surface area (Å²) >= 11 is 0. The van der Waals surface area contributed by atoms with Crippen LogP contribution in [0.1, 0.15) is 55.6 Å². The van der Waals surface area contributed by atoms with Gasteiger partial charge in [-0.15, -0.1) is 0 Å². The second kappa shape index (κ2) is 5.45. The average Bonchev–Trinajstić information content (AvgIpc) is 2.46. The van der Waals surface area contributed by atoms with Crippen molar-refractivity contribution in [3.05, 3.63) is 17.1 Å². The second-order valence-electron chi connectivity index (χ2n) is 5.88. The highest BCUT2D eigenvalue weighted by molar-refractivity contribution is 5.47. The van der Waals surface area contributed by atoms with E-state index in [9.17, 15) is 0 Å². The molecule has 3 rings (SSSR count).